The molecule has 0 aromatic heterocycles. The number of aliphatic hydroxyl groups excluding tert-OH is 3. The van der Waals surface area contributed by atoms with E-state index in [-0.39, 0.29) is 34.2 Å². The zero-order valence-electron chi connectivity index (χ0n) is 16.1. The van der Waals surface area contributed by atoms with Crippen LogP contribution in [0.2, 0.25) is 0 Å². The molecule has 2 unspecified atom stereocenters. The first-order valence-corrected chi connectivity index (χ1v) is 10.8. The van der Waals surface area contributed by atoms with Gasteiger partial charge in [-0.1, -0.05) is 20.4 Å². The van der Waals surface area contributed by atoms with E-state index in [9.17, 15) is 15.3 Å². The van der Waals surface area contributed by atoms with E-state index >= 15 is 0 Å². The van der Waals surface area contributed by atoms with Gasteiger partial charge >= 0.3 is 0 Å². The van der Waals surface area contributed by atoms with Crippen LogP contribution in [0, 0.1) is 39.9 Å². The van der Waals surface area contributed by atoms with E-state index in [1.165, 1.54) is 0 Å². The van der Waals surface area contributed by atoms with Gasteiger partial charge in [-0.25, -0.2) is 0 Å². The molecule has 6 rings (SSSR count). The van der Waals surface area contributed by atoms with Gasteiger partial charge < -0.3 is 15.3 Å². The summed E-state index contributed by atoms with van der Waals surface area (Å²) in [5, 5.41) is 33.8. The fraction of sp³-hybridized carbons (Fsp3) is 0.909. The van der Waals surface area contributed by atoms with Crippen molar-refractivity contribution in [2.24, 2.45) is 39.9 Å². The van der Waals surface area contributed by atoms with Gasteiger partial charge in [0, 0.05) is 29.3 Å². The van der Waals surface area contributed by atoms with Crippen LogP contribution in [-0.4, -0.2) is 57.7 Å². The van der Waals surface area contributed by atoms with Gasteiger partial charge in [0.25, 0.3) is 0 Å². The smallest absolute Gasteiger partial charge is 0.0813 e. The lowest BCUT2D eigenvalue weighted by atomic mass is 9.43. The lowest BCUT2D eigenvalue weighted by Gasteiger charge is -2.65. The van der Waals surface area contributed by atoms with Crippen molar-refractivity contribution < 1.29 is 15.3 Å². The van der Waals surface area contributed by atoms with Crippen molar-refractivity contribution in [1.82, 2.24) is 4.90 Å². The Bertz CT molecular complexity index is 695. The van der Waals surface area contributed by atoms with Gasteiger partial charge in [-0.2, -0.15) is 0 Å². The minimum atomic E-state index is -0.500. The maximum absolute atomic E-state index is 11.5. The predicted molar refractivity (Wildman–Crippen MR) is 98.2 cm³/mol. The predicted octanol–water partition coefficient (Wildman–Crippen LogP) is 1.79. The molecule has 1 saturated heterocycles. The monoisotopic (exact) mass is 359 g/mol. The Labute approximate surface area is 156 Å². The Morgan fingerprint density at radius 3 is 2.69 bits per heavy atom. The third kappa shape index (κ3) is 1.37. The van der Waals surface area contributed by atoms with Crippen LogP contribution in [0.15, 0.2) is 12.2 Å². The maximum Gasteiger partial charge on any atom is 0.0813 e. The first-order chi connectivity index (χ1) is 12.3. The number of fused-ring (bicyclic) bond motifs is 1. The fourth-order valence-electron chi connectivity index (χ4n) is 9.97. The molecule has 26 heavy (non-hydrogen) atoms. The first-order valence-electron chi connectivity index (χ1n) is 10.8. The van der Waals surface area contributed by atoms with Gasteiger partial charge in [-0.3, -0.25) is 4.90 Å². The Morgan fingerprint density at radius 2 is 1.96 bits per heavy atom. The van der Waals surface area contributed by atoms with Crippen molar-refractivity contribution in [2.75, 3.05) is 13.1 Å². The third-order valence-electron chi connectivity index (χ3n) is 10.6. The van der Waals surface area contributed by atoms with E-state index in [4.69, 9.17) is 0 Å². The molecule has 5 aliphatic carbocycles. The molecule has 1 aliphatic heterocycles. The van der Waals surface area contributed by atoms with E-state index in [1.807, 2.05) is 0 Å². The molecule has 4 nitrogen and oxygen atoms in total. The molecule has 4 heteroatoms. The van der Waals surface area contributed by atoms with Crippen LogP contribution in [0.25, 0.3) is 0 Å². The van der Waals surface area contributed by atoms with Gasteiger partial charge in [0.1, 0.15) is 0 Å². The topological polar surface area (TPSA) is 63.9 Å². The van der Waals surface area contributed by atoms with Crippen molar-refractivity contribution >= 4 is 0 Å². The number of aliphatic hydroxyl groups is 3. The van der Waals surface area contributed by atoms with Gasteiger partial charge in [0.15, 0.2) is 0 Å². The molecule has 3 N–H and O–H groups in total. The van der Waals surface area contributed by atoms with Crippen molar-refractivity contribution in [3.63, 3.8) is 0 Å². The van der Waals surface area contributed by atoms with Crippen LogP contribution in [0.5, 0.6) is 0 Å². The average molecular weight is 360 g/mol. The van der Waals surface area contributed by atoms with E-state index < -0.39 is 12.2 Å². The molecule has 5 saturated carbocycles. The molecule has 1 heterocycles. The van der Waals surface area contributed by atoms with E-state index in [2.05, 4.69) is 25.3 Å². The summed E-state index contributed by atoms with van der Waals surface area (Å²) in [7, 11) is 0. The average Bonchev–Trinajstić information content (AvgIpc) is 3.14. The quantitative estimate of drug-likeness (QED) is 0.625. The van der Waals surface area contributed by atoms with E-state index in [1.54, 1.807) is 0 Å². The molecule has 0 aromatic carbocycles. The molecule has 0 aromatic rings. The standard InChI is InChI=1S/C22H33NO3/c1-4-23-10-20(3)6-5-17(25)22-15(20)7-13(18(22)23)21-9-12(11(2)19(21)26)14(24)8-16(21)22/h12-19,24-26H,2,4-10H2,1,3H3/t12-,13?,14-,15-,16-,17+,18?,19-,20+,21+,22+/m1/s1. The number of nitrogens with zero attached hydrogens (tertiary/aromatic N) is 1. The van der Waals surface area contributed by atoms with E-state index in [0.717, 1.165) is 50.8 Å². The zero-order chi connectivity index (χ0) is 18.2. The summed E-state index contributed by atoms with van der Waals surface area (Å²) in [4.78, 5) is 2.65. The summed E-state index contributed by atoms with van der Waals surface area (Å²) >= 11 is 0. The minimum absolute atomic E-state index is 0.0547. The Kier molecular flexibility index (Phi) is 2.92. The summed E-state index contributed by atoms with van der Waals surface area (Å²) in [6.07, 6.45) is 3.58. The molecule has 144 valence electrons. The Balaban J connectivity index is 1.61. The van der Waals surface area contributed by atoms with Crippen molar-refractivity contribution in [2.45, 2.75) is 70.3 Å². The second kappa shape index (κ2) is 4.59. The molecule has 0 radical (unpaired) electrons. The first kappa shape index (κ1) is 16.5. The molecular formula is C22H33NO3. The molecular weight excluding hydrogens is 326 g/mol. The third-order valence-corrected chi connectivity index (χ3v) is 10.6. The maximum atomic E-state index is 11.5. The van der Waals surface area contributed by atoms with Crippen LogP contribution in [0.1, 0.15) is 46.0 Å². The highest BCUT2D eigenvalue weighted by atomic mass is 16.3. The fourth-order valence-corrected chi connectivity index (χ4v) is 9.97. The Morgan fingerprint density at radius 1 is 1.19 bits per heavy atom. The molecule has 11 atom stereocenters. The van der Waals surface area contributed by atoms with Gasteiger partial charge in [-0.15, -0.1) is 0 Å². The normalized spacial score (nSPS) is 65.5. The van der Waals surface area contributed by atoms with Gasteiger partial charge in [-0.05, 0) is 67.4 Å². The SMILES string of the molecule is C=C1[C@H]2C[C@@]3(C4C[C@@H]5[C@@]6(C)CC[C@H](O)[C@@]5(C4N(CC)C6)[C@@H]3C[C@H]2O)[C@@H]1O. The highest BCUT2D eigenvalue weighted by Gasteiger charge is 2.85. The summed E-state index contributed by atoms with van der Waals surface area (Å²) in [5.41, 5.74) is 0.849. The molecule has 2 spiro atoms. The number of hydrogen-bond acceptors (Lipinski definition) is 4. The Hall–Kier alpha value is -0.420. The van der Waals surface area contributed by atoms with Crippen molar-refractivity contribution in [3.8, 4) is 0 Å². The lowest BCUT2D eigenvalue weighted by Crippen LogP contribution is -2.68. The number of rotatable bonds is 1. The molecule has 6 fully saturated rings. The summed E-state index contributed by atoms with van der Waals surface area (Å²) in [6.45, 7) is 11.1. The second-order valence-corrected chi connectivity index (χ2v) is 10.9. The second-order valence-electron chi connectivity index (χ2n) is 10.9. The van der Waals surface area contributed by atoms with Crippen LogP contribution >= 0.6 is 0 Å². The van der Waals surface area contributed by atoms with Crippen LogP contribution < -0.4 is 0 Å². The highest BCUT2D eigenvalue weighted by molar-refractivity contribution is 5.39. The lowest BCUT2D eigenvalue weighted by molar-refractivity contribution is -0.218. The van der Waals surface area contributed by atoms with Crippen molar-refractivity contribution in [1.29, 1.82) is 0 Å². The summed E-state index contributed by atoms with van der Waals surface area (Å²) in [5.74, 6) is 1.26. The van der Waals surface area contributed by atoms with Crippen LogP contribution in [0.3, 0.4) is 0 Å². The van der Waals surface area contributed by atoms with Crippen LogP contribution in [-0.2, 0) is 0 Å². The van der Waals surface area contributed by atoms with Crippen molar-refractivity contribution in [3.05, 3.63) is 12.2 Å². The van der Waals surface area contributed by atoms with Gasteiger partial charge in [0.05, 0.1) is 18.3 Å². The molecule has 0 amide bonds. The highest BCUT2D eigenvalue weighted by Crippen LogP contribution is 2.83. The number of hydrogen-bond donors (Lipinski definition) is 3. The number of piperidine rings is 1. The zero-order valence-corrected chi connectivity index (χ0v) is 16.1. The minimum Gasteiger partial charge on any atom is -0.392 e. The largest absolute Gasteiger partial charge is 0.392 e. The molecule has 7 bridgehead atoms. The van der Waals surface area contributed by atoms with Crippen LogP contribution in [0.4, 0.5) is 0 Å². The van der Waals surface area contributed by atoms with Gasteiger partial charge in [0.2, 0.25) is 0 Å². The summed E-state index contributed by atoms with van der Waals surface area (Å²) in [6, 6.07) is 0.373. The summed E-state index contributed by atoms with van der Waals surface area (Å²) < 4.78 is 0. The van der Waals surface area contributed by atoms with E-state index in [0.29, 0.717) is 17.9 Å². The number of likely N-dealkylation sites (tertiary alicyclic amines) is 1. The molecule has 6 aliphatic rings.